The van der Waals surface area contributed by atoms with E-state index in [2.05, 4.69) is 38.2 Å². The van der Waals surface area contributed by atoms with Gasteiger partial charge in [-0.2, -0.15) is 13.2 Å². The quantitative estimate of drug-likeness (QED) is 0.294. The number of amides is 2. The van der Waals surface area contributed by atoms with Gasteiger partial charge in [0.15, 0.2) is 0 Å². The lowest BCUT2D eigenvalue weighted by Crippen LogP contribution is -2.54. The van der Waals surface area contributed by atoms with Crippen LogP contribution in [0, 0.1) is 9.39 Å². The zero-order valence-electron chi connectivity index (χ0n) is 18.4. The summed E-state index contributed by atoms with van der Waals surface area (Å²) >= 11 is 2.06. The van der Waals surface area contributed by atoms with Gasteiger partial charge in [0.25, 0.3) is 0 Å². The molecule has 0 radical (unpaired) electrons. The van der Waals surface area contributed by atoms with E-state index in [9.17, 15) is 22.4 Å². The largest absolute Gasteiger partial charge is 0.416 e. The smallest absolute Gasteiger partial charge is 0.379 e. The Morgan fingerprint density at radius 2 is 1.83 bits per heavy atom. The van der Waals surface area contributed by atoms with Crippen molar-refractivity contribution in [1.82, 2.24) is 15.6 Å². The molecule has 0 spiro atoms. The first-order valence-electron chi connectivity index (χ1n) is 10.9. The molecule has 4 rings (SSSR count). The molecule has 2 amide bonds. The van der Waals surface area contributed by atoms with E-state index in [0.29, 0.717) is 25.7 Å². The maximum atomic E-state index is 14.6. The van der Waals surface area contributed by atoms with Gasteiger partial charge in [-0.25, -0.2) is 9.18 Å². The molecule has 3 aromatic rings. The summed E-state index contributed by atoms with van der Waals surface area (Å²) in [5.41, 5.74) is -1.83. The molecule has 1 saturated heterocycles. The first-order valence-corrected chi connectivity index (χ1v) is 11.9. The second kappa shape index (κ2) is 10.5. The van der Waals surface area contributed by atoms with E-state index in [1.165, 1.54) is 0 Å². The summed E-state index contributed by atoms with van der Waals surface area (Å²) < 4.78 is 61.7. The van der Waals surface area contributed by atoms with Crippen LogP contribution >= 0.6 is 22.6 Å². The van der Waals surface area contributed by atoms with E-state index in [1.807, 2.05) is 0 Å². The zero-order chi connectivity index (χ0) is 25.1. The number of halogens is 5. The van der Waals surface area contributed by atoms with Crippen molar-refractivity contribution in [3.63, 3.8) is 0 Å². The van der Waals surface area contributed by atoms with Crippen LogP contribution in [-0.4, -0.2) is 30.3 Å². The van der Waals surface area contributed by atoms with Crippen LogP contribution in [0.15, 0.2) is 66.9 Å². The Morgan fingerprint density at radius 1 is 1.09 bits per heavy atom. The Balaban J connectivity index is 1.89. The highest BCUT2D eigenvalue weighted by Gasteiger charge is 2.41. The highest BCUT2D eigenvalue weighted by molar-refractivity contribution is 14.1. The third-order valence-corrected chi connectivity index (χ3v) is 6.42. The summed E-state index contributed by atoms with van der Waals surface area (Å²) in [5, 5.41) is 5.67. The monoisotopic (exact) mass is 599 g/mol. The summed E-state index contributed by atoms with van der Waals surface area (Å²) in [5.74, 6) is -1.07. The fraction of sp³-hybridized carbons (Fsp3) is 0.280. The van der Waals surface area contributed by atoms with E-state index in [1.54, 1.807) is 48.7 Å². The van der Waals surface area contributed by atoms with E-state index in [4.69, 9.17) is 4.74 Å². The third-order valence-electron chi connectivity index (χ3n) is 5.79. The van der Waals surface area contributed by atoms with Crippen LogP contribution < -0.4 is 10.6 Å². The molecule has 0 saturated carbocycles. The first kappa shape index (κ1) is 25.4. The van der Waals surface area contributed by atoms with E-state index >= 15 is 0 Å². The van der Waals surface area contributed by atoms with Crippen molar-refractivity contribution in [1.29, 1.82) is 0 Å². The molecule has 1 aliphatic heterocycles. The summed E-state index contributed by atoms with van der Waals surface area (Å²) in [6.07, 6.45) is -2.59. The molecular formula is C25H22F4IN3O2. The number of urea groups is 1. The van der Waals surface area contributed by atoms with Gasteiger partial charge in [0.05, 0.1) is 23.9 Å². The molecule has 1 fully saturated rings. The molecule has 184 valence electrons. The van der Waals surface area contributed by atoms with Gasteiger partial charge in [-0.15, -0.1) is 0 Å². The van der Waals surface area contributed by atoms with Crippen LogP contribution in [0.1, 0.15) is 28.8 Å². The second-order valence-electron chi connectivity index (χ2n) is 8.31. The van der Waals surface area contributed by atoms with Crippen LogP contribution in [0.25, 0.3) is 0 Å². The normalized spacial score (nSPS) is 17.6. The van der Waals surface area contributed by atoms with Crippen LogP contribution in [-0.2, 0) is 22.9 Å². The zero-order valence-corrected chi connectivity index (χ0v) is 20.6. The number of benzene rings is 2. The average molecular weight is 599 g/mol. The fourth-order valence-corrected chi connectivity index (χ4v) is 4.43. The van der Waals surface area contributed by atoms with Crippen molar-refractivity contribution in [2.75, 3.05) is 13.2 Å². The molecular weight excluding hydrogens is 577 g/mol. The van der Waals surface area contributed by atoms with Crippen LogP contribution in [0.5, 0.6) is 0 Å². The highest BCUT2D eigenvalue weighted by atomic mass is 127. The van der Waals surface area contributed by atoms with Crippen molar-refractivity contribution in [3.8, 4) is 0 Å². The van der Waals surface area contributed by atoms with Crippen LogP contribution in [0.2, 0.25) is 0 Å². The van der Waals surface area contributed by atoms with Crippen molar-refractivity contribution in [2.24, 2.45) is 0 Å². The molecule has 2 heterocycles. The molecule has 0 bridgehead atoms. The fourth-order valence-electron chi connectivity index (χ4n) is 4.11. The van der Waals surface area contributed by atoms with Gasteiger partial charge in [-0.3, -0.25) is 4.98 Å². The summed E-state index contributed by atoms with van der Waals surface area (Å²) in [7, 11) is 0. The number of pyridine rings is 1. The first-order chi connectivity index (χ1) is 16.7. The Hall–Kier alpha value is -2.73. The summed E-state index contributed by atoms with van der Waals surface area (Å²) in [4.78, 5) is 17.6. The molecule has 2 atom stereocenters. The molecule has 2 N–H and O–H groups in total. The van der Waals surface area contributed by atoms with Crippen molar-refractivity contribution >= 4 is 28.6 Å². The minimum absolute atomic E-state index is 0.0385. The van der Waals surface area contributed by atoms with Crippen molar-refractivity contribution < 1.29 is 27.1 Å². The van der Waals surface area contributed by atoms with Gasteiger partial charge >= 0.3 is 12.2 Å². The lowest BCUT2D eigenvalue weighted by molar-refractivity contribution is -0.137. The molecule has 2 aromatic carbocycles. The number of hydrogen-bond acceptors (Lipinski definition) is 3. The molecule has 1 aromatic heterocycles. The number of carbonyl (C=O) groups excluding carboxylic acids is 1. The van der Waals surface area contributed by atoms with Crippen LogP contribution in [0.3, 0.4) is 0 Å². The minimum atomic E-state index is -4.78. The van der Waals surface area contributed by atoms with Gasteiger partial charge in [0.2, 0.25) is 0 Å². The van der Waals surface area contributed by atoms with E-state index in [-0.39, 0.29) is 23.7 Å². The van der Waals surface area contributed by atoms with Gasteiger partial charge in [-0.05, 0) is 70.5 Å². The number of nitrogens with one attached hydrogen (secondary N) is 2. The molecule has 10 heteroatoms. The maximum Gasteiger partial charge on any atom is 0.416 e. The average Bonchev–Trinajstić information content (AvgIpc) is 3.31. The number of rotatable bonds is 6. The number of nitrogens with zero attached hydrogens (tertiary/aromatic N) is 1. The van der Waals surface area contributed by atoms with Gasteiger partial charge < -0.3 is 15.4 Å². The predicted molar refractivity (Wildman–Crippen MR) is 130 cm³/mol. The van der Waals surface area contributed by atoms with Crippen molar-refractivity contribution in [3.05, 3.63) is 98.6 Å². The Labute approximate surface area is 213 Å². The highest BCUT2D eigenvalue weighted by Crippen LogP contribution is 2.37. The van der Waals surface area contributed by atoms with Gasteiger partial charge in [0, 0.05) is 22.8 Å². The number of hydrogen-bond donors (Lipinski definition) is 2. The molecule has 0 aliphatic carbocycles. The second-order valence-corrected chi connectivity index (χ2v) is 9.56. The Bertz CT molecular complexity index is 1170. The van der Waals surface area contributed by atoms with Crippen molar-refractivity contribution in [2.45, 2.75) is 30.6 Å². The van der Waals surface area contributed by atoms with Gasteiger partial charge in [0.1, 0.15) is 11.4 Å². The summed E-state index contributed by atoms with van der Waals surface area (Å²) in [6.45, 7) is 0.830. The third kappa shape index (κ3) is 6.10. The van der Waals surface area contributed by atoms with Crippen LogP contribution in [0.4, 0.5) is 22.4 Å². The number of ether oxygens (including phenoxy) is 1. The lowest BCUT2D eigenvalue weighted by Gasteiger charge is -2.36. The number of alkyl halides is 3. The lowest BCUT2D eigenvalue weighted by atomic mass is 9.79. The molecule has 0 unspecified atom stereocenters. The summed E-state index contributed by atoms with van der Waals surface area (Å²) in [6, 6.07) is 13.8. The Morgan fingerprint density at radius 3 is 2.46 bits per heavy atom. The molecule has 1 aliphatic rings. The maximum absolute atomic E-state index is 14.6. The molecule has 35 heavy (non-hydrogen) atoms. The predicted octanol–water partition coefficient (Wildman–Crippen LogP) is 5.42. The number of aromatic nitrogens is 1. The molecule has 5 nitrogen and oxygen atoms in total. The van der Waals surface area contributed by atoms with E-state index < -0.39 is 29.1 Å². The SMILES string of the molecule is O=C(N[C@@H]1CCOC1)N[C@@](Cc1ccccc1)(c1cc(F)cc(C(F)(F)F)c1)c1ccc(I)cn1. The number of carbonyl (C=O) groups is 1. The van der Waals surface area contributed by atoms with E-state index in [0.717, 1.165) is 21.3 Å². The standard InChI is InChI=1S/C25H22F4IN3O2/c26-19-11-17(10-18(12-19)25(27,28)29)24(13-16-4-2-1-3-5-16,22-7-6-20(30)14-31-22)33-23(34)32-21-8-9-35-15-21/h1-7,10-12,14,21H,8-9,13,15H2,(H2,32,33,34)/t21-,24+/m1/s1. The Kier molecular flexibility index (Phi) is 7.60. The topological polar surface area (TPSA) is 63.2 Å². The van der Waals surface area contributed by atoms with Gasteiger partial charge in [-0.1, -0.05) is 30.3 Å². The minimum Gasteiger partial charge on any atom is -0.379 e.